The molecule has 0 aromatic heterocycles. The molecule has 2 aromatic rings. The number of hydrogen-bond acceptors (Lipinski definition) is 1. The Hall–Kier alpha value is -1.49. The molecule has 0 spiro atoms. The molecule has 0 aliphatic heterocycles. The number of alkyl halides is 1. The van der Waals surface area contributed by atoms with Gasteiger partial charge < -0.3 is 4.74 Å². The normalized spacial score (nSPS) is 10.5. The van der Waals surface area contributed by atoms with Crippen molar-refractivity contribution < 1.29 is 17.9 Å². The highest BCUT2D eigenvalue weighted by Gasteiger charge is 2.06. The lowest BCUT2D eigenvalue weighted by atomic mass is 10.2. The first-order valence-electron chi connectivity index (χ1n) is 5.50. The quantitative estimate of drug-likeness (QED) is 0.746. The molecule has 0 radical (unpaired) electrons. The van der Waals surface area contributed by atoms with Crippen molar-refractivity contribution in [3.63, 3.8) is 0 Å². The van der Waals surface area contributed by atoms with E-state index in [1.54, 1.807) is 6.07 Å². The van der Waals surface area contributed by atoms with Crippen molar-refractivity contribution in [2.45, 2.75) is 11.9 Å². The SMILES string of the molecule is Fc1cc(CBr)cc(OCc2ccc(F)cc2F)c1. The minimum absolute atomic E-state index is 0.0860. The van der Waals surface area contributed by atoms with Crippen molar-refractivity contribution in [1.29, 1.82) is 0 Å². The smallest absolute Gasteiger partial charge is 0.132 e. The molecule has 0 N–H and O–H groups in total. The van der Waals surface area contributed by atoms with Crippen molar-refractivity contribution in [3.05, 3.63) is 65.0 Å². The van der Waals surface area contributed by atoms with Gasteiger partial charge in [-0.2, -0.15) is 0 Å². The zero-order valence-corrected chi connectivity index (χ0v) is 11.4. The molecule has 0 aliphatic carbocycles. The first-order chi connectivity index (χ1) is 9.08. The maximum Gasteiger partial charge on any atom is 0.132 e. The Balaban J connectivity index is 2.12. The molecule has 0 bridgehead atoms. The van der Waals surface area contributed by atoms with Crippen LogP contribution in [0.2, 0.25) is 0 Å². The van der Waals surface area contributed by atoms with Crippen LogP contribution in [0.4, 0.5) is 13.2 Å². The maximum atomic E-state index is 13.4. The van der Waals surface area contributed by atoms with E-state index >= 15 is 0 Å². The van der Waals surface area contributed by atoms with E-state index < -0.39 is 17.5 Å². The van der Waals surface area contributed by atoms with Gasteiger partial charge in [0.1, 0.15) is 29.8 Å². The van der Waals surface area contributed by atoms with Crippen LogP contribution in [0.5, 0.6) is 5.75 Å². The van der Waals surface area contributed by atoms with Crippen LogP contribution in [-0.4, -0.2) is 0 Å². The summed E-state index contributed by atoms with van der Waals surface area (Å²) < 4.78 is 44.7. The Labute approximate surface area is 117 Å². The van der Waals surface area contributed by atoms with Crippen molar-refractivity contribution in [2.24, 2.45) is 0 Å². The Morgan fingerprint density at radius 3 is 2.42 bits per heavy atom. The number of ether oxygens (including phenoxy) is 1. The highest BCUT2D eigenvalue weighted by Crippen LogP contribution is 2.20. The fraction of sp³-hybridized carbons (Fsp3) is 0.143. The monoisotopic (exact) mass is 330 g/mol. The Bertz CT molecular complexity index is 587. The summed E-state index contributed by atoms with van der Waals surface area (Å²) in [5, 5.41) is 0.492. The van der Waals surface area contributed by atoms with Crippen molar-refractivity contribution >= 4 is 15.9 Å². The highest BCUT2D eigenvalue weighted by molar-refractivity contribution is 9.08. The molecule has 0 aliphatic rings. The summed E-state index contributed by atoms with van der Waals surface area (Å²) in [6.07, 6.45) is 0. The first kappa shape index (κ1) is 13.9. The van der Waals surface area contributed by atoms with Gasteiger partial charge >= 0.3 is 0 Å². The third-order valence-corrected chi connectivity index (χ3v) is 3.14. The van der Waals surface area contributed by atoms with Crippen LogP contribution in [0.15, 0.2) is 36.4 Å². The van der Waals surface area contributed by atoms with Gasteiger partial charge in [-0.3, -0.25) is 0 Å². The third-order valence-electron chi connectivity index (χ3n) is 2.49. The van der Waals surface area contributed by atoms with Crippen LogP contribution in [0.3, 0.4) is 0 Å². The van der Waals surface area contributed by atoms with Gasteiger partial charge in [0.15, 0.2) is 0 Å². The van der Waals surface area contributed by atoms with Crippen LogP contribution in [0.25, 0.3) is 0 Å². The van der Waals surface area contributed by atoms with E-state index in [-0.39, 0.29) is 12.2 Å². The summed E-state index contributed by atoms with van der Waals surface area (Å²) in [5.74, 6) is -1.45. The minimum atomic E-state index is -0.683. The van der Waals surface area contributed by atoms with Crippen molar-refractivity contribution in [2.75, 3.05) is 0 Å². The molecule has 0 unspecified atom stereocenters. The van der Waals surface area contributed by atoms with Gasteiger partial charge in [0.25, 0.3) is 0 Å². The zero-order valence-electron chi connectivity index (χ0n) is 9.80. The van der Waals surface area contributed by atoms with Gasteiger partial charge in [-0.25, -0.2) is 13.2 Å². The average molecular weight is 331 g/mol. The molecule has 0 saturated carbocycles. The van der Waals surface area contributed by atoms with Crippen molar-refractivity contribution in [3.8, 4) is 5.75 Å². The zero-order chi connectivity index (χ0) is 13.8. The average Bonchev–Trinajstić information content (AvgIpc) is 2.37. The van der Waals surface area contributed by atoms with Crippen LogP contribution in [0.1, 0.15) is 11.1 Å². The molecule has 0 saturated heterocycles. The van der Waals surface area contributed by atoms with Crippen LogP contribution >= 0.6 is 15.9 Å². The predicted octanol–water partition coefficient (Wildman–Crippen LogP) is 4.58. The fourth-order valence-electron chi connectivity index (χ4n) is 1.58. The first-order valence-corrected chi connectivity index (χ1v) is 6.63. The maximum absolute atomic E-state index is 13.4. The van der Waals surface area contributed by atoms with E-state index in [0.717, 1.165) is 17.7 Å². The van der Waals surface area contributed by atoms with E-state index in [9.17, 15) is 13.2 Å². The second-order valence-corrected chi connectivity index (χ2v) is 4.51. The van der Waals surface area contributed by atoms with Crippen LogP contribution in [-0.2, 0) is 11.9 Å². The van der Waals surface area contributed by atoms with Crippen molar-refractivity contribution in [1.82, 2.24) is 0 Å². The number of benzene rings is 2. The molecule has 1 nitrogen and oxygen atoms in total. The van der Waals surface area contributed by atoms with Gasteiger partial charge in [0.05, 0.1) is 0 Å². The van der Waals surface area contributed by atoms with Crippen LogP contribution < -0.4 is 4.74 Å². The molecule has 0 amide bonds. The lowest BCUT2D eigenvalue weighted by Crippen LogP contribution is -2.00. The molecule has 5 heteroatoms. The predicted molar refractivity (Wildman–Crippen MR) is 69.7 cm³/mol. The van der Waals surface area contributed by atoms with E-state index in [0.29, 0.717) is 11.1 Å². The molecular weight excluding hydrogens is 321 g/mol. The molecule has 19 heavy (non-hydrogen) atoms. The Morgan fingerprint density at radius 2 is 1.74 bits per heavy atom. The lowest BCUT2D eigenvalue weighted by Gasteiger charge is -2.08. The molecule has 2 rings (SSSR count). The summed E-state index contributed by atoms with van der Waals surface area (Å²) in [6.45, 7) is -0.0860. The number of halogens is 4. The fourth-order valence-corrected chi connectivity index (χ4v) is 1.90. The number of hydrogen-bond donors (Lipinski definition) is 0. The highest BCUT2D eigenvalue weighted by atomic mass is 79.9. The standard InChI is InChI=1S/C14H10BrF3O/c15-7-9-3-12(17)5-13(4-9)19-8-10-1-2-11(16)6-14(10)18/h1-6H,7-8H2. The summed E-state index contributed by atoms with van der Waals surface area (Å²) in [7, 11) is 0. The van der Waals surface area contributed by atoms with Gasteiger partial charge in [-0.1, -0.05) is 15.9 Å². The summed E-state index contributed by atoms with van der Waals surface area (Å²) in [4.78, 5) is 0. The Kier molecular flexibility index (Phi) is 4.47. The molecule has 100 valence electrons. The van der Waals surface area contributed by atoms with Gasteiger partial charge in [-0.15, -0.1) is 0 Å². The summed E-state index contributed by atoms with van der Waals surface area (Å²) in [5.41, 5.74) is 0.931. The minimum Gasteiger partial charge on any atom is -0.489 e. The van der Waals surface area contributed by atoms with Gasteiger partial charge in [0.2, 0.25) is 0 Å². The second kappa shape index (κ2) is 6.10. The van der Waals surface area contributed by atoms with Gasteiger partial charge in [-0.05, 0) is 29.8 Å². The number of rotatable bonds is 4. The molecule has 2 aromatic carbocycles. The Morgan fingerprint density at radius 1 is 0.947 bits per heavy atom. The largest absolute Gasteiger partial charge is 0.489 e. The third kappa shape index (κ3) is 3.73. The lowest BCUT2D eigenvalue weighted by molar-refractivity contribution is 0.297. The van der Waals surface area contributed by atoms with E-state index in [2.05, 4.69) is 15.9 Å². The molecular formula is C14H10BrF3O. The molecule has 0 fully saturated rings. The van der Waals surface area contributed by atoms with E-state index in [4.69, 9.17) is 4.74 Å². The topological polar surface area (TPSA) is 9.23 Å². The summed E-state index contributed by atoms with van der Waals surface area (Å²) >= 11 is 3.22. The molecule has 0 atom stereocenters. The van der Waals surface area contributed by atoms with Gasteiger partial charge in [0, 0.05) is 23.0 Å². The summed E-state index contributed by atoms with van der Waals surface area (Å²) in [6, 6.07) is 7.48. The van der Waals surface area contributed by atoms with Crippen LogP contribution in [0, 0.1) is 17.5 Å². The van der Waals surface area contributed by atoms with E-state index in [1.807, 2.05) is 0 Å². The second-order valence-electron chi connectivity index (χ2n) is 3.95. The molecule has 0 heterocycles. The van der Waals surface area contributed by atoms with E-state index in [1.165, 1.54) is 18.2 Å².